The molecule has 0 unspecified atom stereocenters. The fourth-order valence-corrected chi connectivity index (χ4v) is 5.03. The van der Waals surface area contributed by atoms with Crippen molar-refractivity contribution < 1.29 is 0 Å². The summed E-state index contributed by atoms with van der Waals surface area (Å²) in [7, 11) is 0. The highest BCUT2D eigenvalue weighted by Crippen LogP contribution is 2.31. The summed E-state index contributed by atoms with van der Waals surface area (Å²) in [5, 5.41) is 2.49. The lowest BCUT2D eigenvalue weighted by molar-refractivity contribution is 1.17. The van der Waals surface area contributed by atoms with Crippen LogP contribution < -0.4 is 0 Å². The predicted octanol–water partition coefficient (Wildman–Crippen LogP) is 9.36. The number of rotatable bonds is 5. The Bertz CT molecular complexity index is 1910. The summed E-state index contributed by atoms with van der Waals surface area (Å²) in [5.74, 6) is 0.659. The molecule has 0 amide bonds. The van der Waals surface area contributed by atoms with Crippen LogP contribution in [0.4, 0.5) is 0 Å². The maximum Gasteiger partial charge on any atom is 0.161 e. The van der Waals surface area contributed by atoms with Gasteiger partial charge in [0, 0.05) is 29.1 Å². The summed E-state index contributed by atoms with van der Waals surface area (Å²) in [6.45, 7) is 0. The number of aromatic nitrogens is 3. The number of pyridine rings is 1. The maximum absolute atomic E-state index is 4.96. The molecule has 2 heterocycles. The molecule has 0 atom stereocenters. The van der Waals surface area contributed by atoms with Crippen LogP contribution in [-0.2, 0) is 0 Å². The van der Waals surface area contributed by atoms with Crippen LogP contribution in [0.25, 0.3) is 66.9 Å². The molecule has 0 radical (unpaired) electrons. The van der Waals surface area contributed by atoms with Crippen molar-refractivity contribution in [2.75, 3.05) is 0 Å². The van der Waals surface area contributed by atoms with Gasteiger partial charge in [0.2, 0.25) is 0 Å². The molecule has 7 rings (SSSR count). The molecule has 40 heavy (non-hydrogen) atoms. The third-order valence-electron chi connectivity index (χ3n) is 7.20. The summed E-state index contributed by atoms with van der Waals surface area (Å²) >= 11 is 0. The largest absolute Gasteiger partial charge is 0.264 e. The second kappa shape index (κ2) is 10.4. The van der Waals surface area contributed by atoms with Gasteiger partial charge in [-0.3, -0.25) is 4.98 Å². The average Bonchev–Trinajstić information content (AvgIpc) is 3.05. The van der Waals surface area contributed by atoms with Gasteiger partial charge in [0.05, 0.1) is 11.4 Å². The van der Waals surface area contributed by atoms with Crippen molar-refractivity contribution in [2.24, 2.45) is 0 Å². The number of hydrogen-bond acceptors (Lipinski definition) is 3. The highest BCUT2D eigenvalue weighted by atomic mass is 14.9. The molecule has 0 N–H and O–H groups in total. The second-order valence-corrected chi connectivity index (χ2v) is 9.79. The SMILES string of the molecule is c1ccc(-c2ccc(-c3cc(-c4ccc(-c5ccc6ccccc6c5)cc4)nc(-c4cccnc4)n3)cc2)cc1. The third-order valence-corrected chi connectivity index (χ3v) is 7.20. The van der Waals surface area contributed by atoms with E-state index in [4.69, 9.17) is 9.97 Å². The number of benzene rings is 5. The van der Waals surface area contributed by atoms with Gasteiger partial charge < -0.3 is 0 Å². The van der Waals surface area contributed by atoms with Gasteiger partial charge >= 0.3 is 0 Å². The van der Waals surface area contributed by atoms with Gasteiger partial charge in [-0.2, -0.15) is 0 Å². The first-order valence-corrected chi connectivity index (χ1v) is 13.4. The molecular formula is C37H25N3. The van der Waals surface area contributed by atoms with Gasteiger partial charge in [0.15, 0.2) is 5.82 Å². The minimum Gasteiger partial charge on any atom is -0.264 e. The van der Waals surface area contributed by atoms with Crippen LogP contribution in [0.3, 0.4) is 0 Å². The maximum atomic E-state index is 4.96. The van der Waals surface area contributed by atoms with Crippen LogP contribution in [0, 0.1) is 0 Å². The Morgan fingerprint density at radius 1 is 0.350 bits per heavy atom. The van der Waals surface area contributed by atoms with Gasteiger partial charge in [-0.15, -0.1) is 0 Å². The normalized spacial score (nSPS) is 11.0. The average molecular weight is 512 g/mol. The van der Waals surface area contributed by atoms with Crippen molar-refractivity contribution >= 4 is 10.8 Å². The summed E-state index contributed by atoms with van der Waals surface area (Å²) in [6.07, 6.45) is 3.58. The highest BCUT2D eigenvalue weighted by molar-refractivity contribution is 5.87. The smallest absolute Gasteiger partial charge is 0.161 e. The van der Waals surface area contributed by atoms with Crippen LogP contribution in [0.1, 0.15) is 0 Å². The van der Waals surface area contributed by atoms with Gasteiger partial charge in [-0.25, -0.2) is 9.97 Å². The van der Waals surface area contributed by atoms with Gasteiger partial charge in [0.1, 0.15) is 0 Å². The van der Waals surface area contributed by atoms with Crippen molar-refractivity contribution in [3.05, 3.63) is 152 Å². The Morgan fingerprint density at radius 2 is 0.875 bits per heavy atom. The summed E-state index contributed by atoms with van der Waals surface area (Å²) < 4.78 is 0. The van der Waals surface area contributed by atoms with Gasteiger partial charge in [-0.1, -0.05) is 115 Å². The monoisotopic (exact) mass is 511 g/mol. The molecule has 3 heteroatoms. The van der Waals surface area contributed by atoms with Crippen LogP contribution in [-0.4, -0.2) is 15.0 Å². The first kappa shape index (κ1) is 23.7. The lowest BCUT2D eigenvalue weighted by Crippen LogP contribution is -1.96. The fraction of sp³-hybridized carbons (Fsp3) is 0. The summed E-state index contributed by atoms with van der Waals surface area (Å²) in [5.41, 5.74) is 9.47. The molecule has 3 nitrogen and oxygen atoms in total. The van der Waals surface area contributed by atoms with E-state index in [1.54, 1.807) is 6.20 Å². The first-order chi connectivity index (χ1) is 19.8. The Balaban J connectivity index is 1.27. The topological polar surface area (TPSA) is 38.7 Å². The van der Waals surface area contributed by atoms with E-state index in [1.165, 1.54) is 33.0 Å². The van der Waals surface area contributed by atoms with Crippen LogP contribution in [0.5, 0.6) is 0 Å². The van der Waals surface area contributed by atoms with Gasteiger partial charge in [-0.05, 0) is 57.3 Å². The molecule has 188 valence electrons. The lowest BCUT2D eigenvalue weighted by Gasteiger charge is -2.11. The molecule has 0 fully saturated rings. The Morgan fingerprint density at radius 3 is 1.52 bits per heavy atom. The highest BCUT2D eigenvalue weighted by Gasteiger charge is 2.12. The van der Waals surface area contributed by atoms with E-state index in [1.807, 2.05) is 24.4 Å². The molecule has 0 saturated heterocycles. The van der Waals surface area contributed by atoms with Crippen molar-refractivity contribution in [3.63, 3.8) is 0 Å². The number of hydrogen-bond donors (Lipinski definition) is 0. The number of fused-ring (bicyclic) bond motifs is 1. The van der Waals surface area contributed by atoms with E-state index in [0.29, 0.717) is 5.82 Å². The molecule has 7 aromatic rings. The Hall–Kier alpha value is -5.41. The molecule has 2 aromatic heterocycles. The zero-order valence-corrected chi connectivity index (χ0v) is 21.8. The summed E-state index contributed by atoms with van der Waals surface area (Å²) in [6, 6.07) is 48.6. The van der Waals surface area contributed by atoms with Crippen LogP contribution in [0.15, 0.2) is 152 Å². The predicted molar refractivity (Wildman–Crippen MR) is 165 cm³/mol. The van der Waals surface area contributed by atoms with E-state index in [2.05, 4.69) is 126 Å². The van der Waals surface area contributed by atoms with Crippen LogP contribution in [0.2, 0.25) is 0 Å². The molecule has 0 bridgehead atoms. The van der Waals surface area contributed by atoms with Crippen molar-refractivity contribution in [1.82, 2.24) is 15.0 Å². The summed E-state index contributed by atoms with van der Waals surface area (Å²) in [4.78, 5) is 14.2. The number of nitrogens with zero attached hydrogens (tertiary/aromatic N) is 3. The van der Waals surface area contributed by atoms with Crippen molar-refractivity contribution in [3.8, 4) is 56.2 Å². The third kappa shape index (κ3) is 4.77. The minimum absolute atomic E-state index is 0.659. The molecular weight excluding hydrogens is 486 g/mol. The molecule has 0 saturated carbocycles. The molecule has 0 spiro atoms. The van der Waals surface area contributed by atoms with E-state index in [-0.39, 0.29) is 0 Å². The van der Waals surface area contributed by atoms with Crippen molar-refractivity contribution in [1.29, 1.82) is 0 Å². The standard InChI is InChI=1S/C37H25N3/c1-2-7-26(8-3-1)28-12-17-30(18-13-28)35-24-36(40-37(39-35)34-11-6-22-38-25-34)31-19-14-29(15-20-31)33-21-16-27-9-4-5-10-32(27)23-33/h1-25H. The molecule has 5 aromatic carbocycles. The van der Waals surface area contributed by atoms with E-state index in [0.717, 1.165) is 28.1 Å². The second-order valence-electron chi connectivity index (χ2n) is 9.79. The van der Waals surface area contributed by atoms with Gasteiger partial charge in [0.25, 0.3) is 0 Å². The quantitative estimate of drug-likeness (QED) is 0.231. The minimum atomic E-state index is 0.659. The van der Waals surface area contributed by atoms with E-state index in [9.17, 15) is 0 Å². The lowest BCUT2D eigenvalue weighted by atomic mass is 9.99. The fourth-order valence-electron chi connectivity index (χ4n) is 5.03. The molecule has 0 aliphatic heterocycles. The van der Waals surface area contributed by atoms with E-state index >= 15 is 0 Å². The van der Waals surface area contributed by atoms with Crippen molar-refractivity contribution in [2.45, 2.75) is 0 Å². The first-order valence-electron chi connectivity index (χ1n) is 13.4. The Labute approximate surface area is 233 Å². The zero-order chi connectivity index (χ0) is 26.7. The Kier molecular flexibility index (Phi) is 6.15. The zero-order valence-electron chi connectivity index (χ0n) is 21.8. The molecule has 0 aliphatic rings. The van der Waals surface area contributed by atoms with E-state index < -0.39 is 0 Å². The molecule has 0 aliphatic carbocycles. The van der Waals surface area contributed by atoms with Crippen LogP contribution >= 0.6 is 0 Å².